The number of aryl methyl sites for hydroxylation is 2. The second-order valence-electron chi connectivity index (χ2n) is 5.12. The normalized spacial score (nSPS) is 17.9. The number of thioether (sulfide) groups is 1. The Labute approximate surface area is 136 Å². The Bertz CT molecular complexity index is 822. The first-order chi connectivity index (χ1) is 10.5. The van der Waals surface area contributed by atoms with Crippen molar-refractivity contribution >= 4 is 39.3 Å². The molecule has 1 saturated heterocycles. The highest BCUT2D eigenvalue weighted by Crippen LogP contribution is 2.32. The number of hydrogen-bond acceptors (Lipinski definition) is 6. The quantitative estimate of drug-likeness (QED) is 0.488. The van der Waals surface area contributed by atoms with Crippen LogP contribution in [0.1, 0.15) is 16.9 Å². The minimum atomic E-state index is -0.289. The predicted molar refractivity (Wildman–Crippen MR) is 88.8 cm³/mol. The highest BCUT2D eigenvalue weighted by molar-refractivity contribution is 8.00. The van der Waals surface area contributed by atoms with Gasteiger partial charge in [0.15, 0.2) is 5.16 Å². The van der Waals surface area contributed by atoms with Gasteiger partial charge in [0.25, 0.3) is 5.56 Å². The molecule has 5 nitrogen and oxygen atoms in total. The van der Waals surface area contributed by atoms with Crippen LogP contribution in [-0.4, -0.2) is 27.4 Å². The van der Waals surface area contributed by atoms with Gasteiger partial charge in [-0.15, -0.1) is 17.9 Å². The summed E-state index contributed by atoms with van der Waals surface area (Å²) >= 11 is 2.82. The summed E-state index contributed by atoms with van der Waals surface area (Å²) in [6.45, 7) is 8.44. The Morgan fingerprint density at radius 3 is 2.91 bits per heavy atom. The van der Waals surface area contributed by atoms with Crippen LogP contribution in [0.5, 0.6) is 0 Å². The maximum absolute atomic E-state index is 12.8. The van der Waals surface area contributed by atoms with Gasteiger partial charge in [-0.3, -0.25) is 14.2 Å². The summed E-state index contributed by atoms with van der Waals surface area (Å²) in [5.41, 5.74) is 0.910. The van der Waals surface area contributed by atoms with Crippen molar-refractivity contribution < 1.29 is 9.53 Å². The van der Waals surface area contributed by atoms with E-state index in [1.165, 1.54) is 23.1 Å². The molecule has 0 spiro atoms. The molecule has 0 unspecified atom stereocenters. The lowest BCUT2D eigenvalue weighted by Crippen LogP contribution is -2.24. The number of aromatic nitrogens is 2. The molecule has 2 aromatic rings. The van der Waals surface area contributed by atoms with Gasteiger partial charge >= 0.3 is 5.97 Å². The van der Waals surface area contributed by atoms with E-state index in [0.717, 1.165) is 15.3 Å². The van der Waals surface area contributed by atoms with E-state index in [2.05, 4.69) is 11.6 Å². The van der Waals surface area contributed by atoms with Gasteiger partial charge < -0.3 is 4.74 Å². The van der Waals surface area contributed by atoms with Crippen LogP contribution in [0.3, 0.4) is 0 Å². The molecule has 116 valence electrons. The lowest BCUT2D eigenvalue weighted by molar-refractivity contribution is -0.137. The first kappa shape index (κ1) is 15.3. The number of rotatable bonds is 4. The number of hydrogen-bond donors (Lipinski definition) is 0. The standard InChI is InChI=1S/C15H16N2O3S2/c1-4-6-17-13(18)11-8(2)9(3)21-12(11)16-15(17)22-10-5-7-20-14(10)19/h4,10H,1,5-7H2,2-3H3/t10-/m0/s1. The number of nitrogens with zero attached hydrogens (tertiary/aromatic N) is 2. The number of thiophene rings is 1. The SMILES string of the molecule is C=CCn1c(S[C@H]2CCOC2=O)nc2sc(C)c(C)c2c1=O. The van der Waals surface area contributed by atoms with Crippen LogP contribution in [0.2, 0.25) is 0 Å². The van der Waals surface area contributed by atoms with E-state index in [0.29, 0.717) is 30.1 Å². The molecule has 0 aliphatic carbocycles. The number of fused-ring (bicyclic) bond motifs is 1. The molecule has 22 heavy (non-hydrogen) atoms. The minimum Gasteiger partial charge on any atom is -0.465 e. The van der Waals surface area contributed by atoms with Gasteiger partial charge in [-0.05, 0) is 19.4 Å². The molecule has 0 saturated carbocycles. The summed E-state index contributed by atoms with van der Waals surface area (Å²) in [5.74, 6) is -0.233. The summed E-state index contributed by atoms with van der Waals surface area (Å²) in [6, 6.07) is 0. The van der Waals surface area contributed by atoms with E-state index in [-0.39, 0.29) is 16.8 Å². The molecule has 0 amide bonds. The molecule has 0 radical (unpaired) electrons. The molecule has 0 bridgehead atoms. The Morgan fingerprint density at radius 2 is 2.27 bits per heavy atom. The topological polar surface area (TPSA) is 61.2 Å². The number of carbonyl (C=O) groups excluding carboxylic acids is 1. The molecule has 3 heterocycles. The Hall–Kier alpha value is -1.60. The average Bonchev–Trinajstić information content (AvgIpc) is 2.99. The van der Waals surface area contributed by atoms with Crippen LogP contribution in [0.25, 0.3) is 10.2 Å². The van der Waals surface area contributed by atoms with E-state index in [4.69, 9.17) is 4.74 Å². The Kier molecular flexibility index (Phi) is 4.10. The summed E-state index contributed by atoms with van der Waals surface area (Å²) in [7, 11) is 0. The highest BCUT2D eigenvalue weighted by Gasteiger charge is 2.29. The highest BCUT2D eigenvalue weighted by atomic mass is 32.2. The van der Waals surface area contributed by atoms with E-state index >= 15 is 0 Å². The largest absolute Gasteiger partial charge is 0.465 e. The first-order valence-corrected chi connectivity index (χ1v) is 8.67. The smallest absolute Gasteiger partial charge is 0.319 e. The zero-order valence-electron chi connectivity index (χ0n) is 12.4. The molecule has 7 heteroatoms. The maximum atomic E-state index is 12.8. The van der Waals surface area contributed by atoms with Crippen molar-refractivity contribution in [2.75, 3.05) is 6.61 Å². The third kappa shape index (κ3) is 2.48. The number of ether oxygens (including phenoxy) is 1. The van der Waals surface area contributed by atoms with Crippen molar-refractivity contribution in [3.05, 3.63) is 33.4 Å². The lowest BCUT2D eigenvalue weighted by atomic mass is 10.2. The Morgan fingerprint density at radius 1 is 1.50 bits per heavy atom. The fraction of sp³-hybridized carbons (Fsp3) is 0.400. The zero-order chi connectivity index (χ0) is 15.9. The van der Waals surface area contributed by atoms with Crippen molar-refractivity contribution in [1.29, 1.82) is 0 Å². The summed E-state index contributed by atoms with van der Waals surface area (Å²) in [5, 5.41) is 0.938. The maximum Gasteiger partial charge on any atom is 0.319 e. The molecule has 0 aromatic carbocycles. The van der Waals surface area contributed by atoms with Gasteiger partial charge in [0.05, 0.1) is 12.0 Å². The van der Waals surface area contributed by atoms with Crippen molar-refractivity contribution in [3.8, 4) is 0 Å². The van der Waals surface area contributed by atoms with E-state index < -0.39 is 0 Å². The lowest BCUT2D eigenvalue weighted by Gasteiger charge is -2.12. The van der Waals surface area contributed by atoms with Gasteiger partial charge in [0.2, 0.25) is 0 Å². The molecular formula is C15H16N2O3S2. The molecule has 1 fully saturated rings. The molecule has 1 aliphatic heterocycles. The van der Waals surface area contributed by atoms with Gasteiger partial charge in [-0.2, -0.15) is 0 Å². The molecule has 0 N–H and O–H groups in total. The predicted octanol–water partition coefficient (Wildman–Crippen LogP) is 2.67. The van der Waals surface area contributed by atoms with E-state index in [1.807, 2.05) is 13.8 Å². The fourth-order valence-corrected chi connectivity index (χ4v) is 4.54. The van der Waals surface area contributed by atoms with Crippen LogP contribution in [0.15, 0.2) is 22.6 Å². The van der Waals surface area contributed by atoms with Crippen LogP contribution in [-0.2, 0) is 16.1 Å². The first-order valence-electron chi connectivity index (χ1n) is 6.97. The molecule has 2 aromatic heterocycles. The zero-order valence-corrected chi connectivity index (χ0v) is 14.1. The molecule has 1 atom stereocenters. The third-order valence-electron chi connectivity index (χ3n) is 3.70. The van der Waals surface area contributed by atoms with Crippen molar-refractivity contribution in [2.45, 2.75) is 37.2 Å². The van der Waals surface area contributed by atoms with Crippen LogP contribution in [0, 0.1) is 13.8 Å². The Balaban J connectivity index is 2.15. The molecule has 3 rings (SSSR count). The number of esters is 1. The van der Waals surface area contributed by atoms with Gasteiger partial charge in [-0.25, -0.2) is 4.98 Å². The van der Waals surface area contributed by atoms with Gasteiger partial charge in [0.1, 0.15) is 10.1 Å². The third-order valence-corrected chi connectivity index (χ3v) is 6.04. The summed E-state index contributed by atoms with van der Waals surface area (Å²) < 4.78 is 6.57. The summed E-state index contributed by atoms with van der Waals surface area (Å²) in [4.78, 5) is 30.9. The fourth-order valence-electron chi connectivity index (χ4n) is 2.40. The second kappa shape index (κ2) is 5.89. The monoisotopic (exact) mass is 336 g/mol. The van der Waals surface area contributed by atoms with Crippen LogP contribution in [0.4, 0.5) is 0 Å². The molecule has 1 aliphatic rings. The average molecular weight is 336 g/mol. The van der Waals surface area contributed by atoms with Crippen molar-refractivity contribution in [3.63, 3.8) is 0 Å². The number of allylic oxidation sites excluding steroid dienone is 1. The number of cyclic esters (lactones) is 1. The van der Waals surface area contributed by atoms with Crippen LogP contribution >= 0.6 is 23.1 Å². The van der Waals surface area contributed by atoms with Crippen LogP contribution < -0.4 is 5.56 Å². The summed E-state index contributed by atoms with van der Waals surface area (Å²) in [6.07, 6.45) is 2.31. The van der Waals surface area contributed by atoms with E-state index in [9.17, 15) is 9.59 Å². The molecular weight excluding hydrogens is 320 g/mol. The van der Waals surface area contributed by atoms with Crippen molar-refractivity contribution in [1.82, 2.24) is 9.55 Å². The van der Waals surface area contributed by atoms with Gasteiger partial charge in [0, 0.05) is 17.8 Å². The van der Waals surface area contributed by atoms with Crippen molar-refractivity contribution in [2.24, 2.45) is 0 Å². The van der Waals surface area contributed by atoms with Gasteiger partial charge in [-0.1, -0.05) is 17.8 Å². The second-order valence-corrected chi connectivity index (χ2v) is 7.50. The van der Waals surface area contributed by atoms with E-state index in [1.54, 1.807) is 10.6 Å². The minimum absolute atomic E-state index is 0.0689. The number of carbonyl (C=O) groups is 1.